The number of rotatable bonds is 5. The van der Waals surface area contributed by atoms with E-state index in [1.807, 2.05) is 0 Å². The molecule has 1 saturated heterocycles. The molecule has 1 N–H and O–H groups in total. The van der Waals surface area contributed by atoms with Crippen molar-refractivity contribution >= 4 is 21.9 Å². The lowest BCUT2D eigenvalue weighted by Crippen LogP contribution is -2.48. The van der Waals surface area contributed by atoms with Gasteiger partial charge in [-0.15, -0.1) is 0 Å². The van der Waals surface area contributed by atoms with Gasteiger partial charge in [0.05, 0.1) is 5.69 Å². The number of carboxylic acid groups (broad SMARTS) is 1. The molecule has 0 atom stereocenters. The maximum absolute atomic E-state index is 12.7. The van der Waals surface area contributed by atoms with Crippen molar-refractivity contribution in [3.63, 3.8) is 0 Å². The topological polar surface area (TPSA) is 77.9 Å². The van der Waals surface area contributed by atoms with Crippen LogP contribution in [0.2, 0.25) is 0 Å². The second-order valence-corrected chi connectivity index (χ2v) is 7.18. The Kier molecular flexibility index (Phi) is 4.84. The molecule has 1 aliphatic rings. The Labute approximate surface area is 125 Å². The van der Waals surface area contributed by atoms with E-state index >= 15 is 0 Å². The molecule has 0 aliphatic carbocycles. The number of benzene rings is 1. The van der Waals surface area contributed by atoms with E-state index in [1.165, 1.54) is 4.31 Å². The first kappa shape index (κ1) is 15.8. The Balaban J connectivity index is 2.29. The van der Waals surface area contributed by atoms with Crippen LogP contribution in [0.1, 0.15) is 19.8 Å². The quantitative estimate of drug-likeness (QED) is 0.895. The van der Waals surface area contributed by atoms with Gasteiger partial charge in [0.1, 0.15) is 6.54 Å². The number of nitrogens with zero attached hydrogens (tertiary/aromatic N) is 2. The minimum absolute atomic E-state index is 0.374. The molecule has 21 heavy (non-hydrogen) atoms. The molecule has 0 amide bonds. The van der Waals surface area contributed by atoms with Crippen LogP contribution in [-0.2, 0) is 15.0 Å². The Morgan fingerprint density at radius 1 is 1.29 bits per heavy atom. The molecule has 116 valence electrons. The van der Waals surface area contributed by atoms with Crippen LogP contribution in [0.25, 0.3) is 0 Å². The highest BCUT2D eigenvalue weighted by Crippen LogP contribution is 2.24. The van der Waals surface area contributed by atoms with Crippen molar-refractivity contribution in [2.24, 2.45) is 5.92 Å². The van der Waals surface area contributed by atoms with E-state index in [1.54, 1.807) is 30.3 Å². The van der Waals surface area contributed by atoms with E-state index in [-0.39, 0.29) is 0 Å². The molecule has 1 fully saturated rings. The number of para-hydroxylation sites is 1. The molecule has 0 unspecified atom stereocenters. The van der Waals surface area contributed by atoms with E-state index in [2.05, 4.69) is 6.92 Å². The Morgan fingerprint density at radius 3 is 2.38 bits per heavy atom. The minimum atomic E-state index is -3.81. The van der Waals surface area contributed by atoms with Crippen LogP contribution in [0.15, 0.2) is 30.3 Å². The monoisotopic (exact) mass is 312 g/mol. The average molecular weight is 312 g/mol. The zero-order valence-corrected chi connectivity index (χ0v) is 12.8. The van der Waals surface area contributed by atoms with E-state index in [0.717, 1.165) is 17.1 Å². The predicted octanol–water partition coefficient (Wildman–Crippen LogP) is 1.55. The maximum Gasteiger partial charge on any atom is 0.324 e. The summed E-state index contributed by atoms with van der Waals surface area (Å²) in [5.74, 6) is -0.672. The van der Waals surface area contributed by atoms with Crippen LogP contribution >= 0.6 is 0 Å². The molecular weight excluding hydrogens is 292 g/mol. The van der Waals surface area contributed by atoms with Crippen LogP contribution in [0.3, 0.4) is 0 Å². The second kappa shape index (κ2) is 6.44. The molecule has 0 saturated carbocycles. The zero-order valence-electron chi connectivity index (χ0n) is 12.0. The number of anilines is 1. The number of carbonyl (C=O) groups is 1. The van der Waals surface area contributed by atoms with Crippen molar-refractivity contribution in [1.29, 1.82) is 0 Å². The third-order valence-corrected chi connectivity index (χ3v) is 5.59. The fourth-order valence-corrected chi connectivity index (χ4v) is 3.99. The third kappa shape index (κ3) is 3.74. The lowest BCUT2D eigenvalue weighted by Gasteiger charge is -2.34. The van der Waals surface area contributed by atoms with Gasteiger partial charge in [-0.1, -0.05) is 25.1 Å². The molecule has 6 nitrogen and oxygen atoms in total. The number of piperidine rings is 1. The van der Waals surface area contributed by atoms with Crippen LogP contribution < -0.4 is 4.31 Å². The summed E-state index contributed by atoms with van der Waals surface area (Å²) < 4.78 is 27.8. The molecule has 0 bridgehead atoms. The molecule has 2 rings (SSSR count). The Hall–Kier alpha value is -1.60. The highest BCUT2D eigenvalue weighted by molar-refractivity contribution is 7.90. The second-order valence-electron chi connectivity index (χ2n) is 5.33. The lowest BCUT2D eigenvalue weighted by molar-refractivity contribution is -0.135. The molecule has 0 aromatic heterocycles. The predicted molar refractivity (Wildman–Crippen MR) is 80.3 cm³/mol. The van der Waals surface area contributed by atoms with Gasteiger partial charge in [0, 0.05) is 13.1 Å². The van der Waals surface area contributed by atoms with Crippen LogP contribution in [0, 0.1) is 5.92 Å². The molecule has 7 heteroatoms. The van der Waals surface area contributed by atoms with Crippen molar-refractivity contribution in [2.75, 3.05) is 23.9 Å². The summed E-state index contributed by atoms with van der Waals surface area (Å²) in [6.45, 7) is 2.40. The summed E-state index contributed by atoms with van der Waals surface area (Å²) in [4.78, 5) is 11.0. The van der Waals surface area contributed by atoms with E-state index in [0.29, 0.717) is 24.7 Å². The first-order valence-corrected chi connectivity index (χ1v) is 8.35. The molecule has 0 spiro atoms. The van der Waals surface area contributed by atoms with Crippen molar-refractivity contribution in [3.05, 3.63) is 30.3 Å². The molecule has 1 heterocycles. The van der Waals surface area contributed by atoms with Gasteiger partial charge in [-0.3, -0.25) is 4.79 Å². The first-order chi connectivity index (χ1) is 9.91. The van der Waals surface area contributed by atoms with Crippen molar-refractivity contribution in [3.8, 4) is 0 Å². The molecule has 1 aromatic rings. The molecule has 1 aliphatic heterocycles. The van der Waals surface area contributed by atoms with E-state index < -0.39 is 22.7 Å². The summed E-state index contributed by atoms with van der Waals surface area (Å²) in [5.41, 5.74) is 0.374. The highest BCUT2D eigenvalue weighted by atomic mass is 32.2. The summed E-state index contributed by atoms with van der Waals surface area (Å²) in [7, 11) is -3.81. The molecule has 1 aromatic carbocycles. The zero-order chi connectivity index (χ0) is 15.5. The fourth-order valence-electron chi connectivity index (χ4n) is 2.38. The van der Waals surface area contributed by atoms with Gasteiger partial charge < -0.3 is 5.11 Å². The van der Waals surface area contributed by atoms with Crippen molar-refractivity contribution in [2.45, 2.75) is 19.8 Å². The number of hydrogen-bond acceptors (Lipinski definition) is 3. The van der Waals surface area contributed by atoms with Gasteiger partial charge in [-0.05, 0) is 30.9 Å². The normalized spacial score (nSPS) is 17.6. The largest absolute Gasteiger partial charge is 0.480 e. The van der Waals surface area contributed by atoms with Crippen LogP contribution in [-0.4, -0.2) is 43.4 Å². The summed E-state index contributed by atoms with van der Waals surface area (Å²) in [6.07, 6.45) is 1.60. The van der Waals surface area contributed by atoms with E-state index in [4.69, 9.17) is 5.11 Å². The summed E-state index contributed by atoms with van der Waals surface area (Å²) >= 11 is 0. The van der Waals surface area contributed by atoms with Crippen LogP contribution in [0.5, 0.6) is 0 Å². The number of aliphatic carboxylic acids is 1. The Bertz CT molecular complexity index is 580. The summed E-state index contributed by atoms with van der Waals surface area (Å²) in [6, 6.07) is 8.35. The van der Waals surface area contributed by atoms with Crippen molar-refractivity contribution < 1.29 is 18.3 Å². The molecular formula is C14H20N2O4S. The average Bonchev–Trinajstić information content (AvgIpc) is 2.46. The van der Waals surface area contributed by atoms with Crippen molar-refractivity contribution in [1.82, 2.24) is 4.31 Å². The lowest BCUT2D eigenvalue weighted by atomic mass is 10.0. The smallest absolute Gasteiger partial charge is 0.324 e. The van der Waals surface area contributed by atoms with Gasteiger partial charge in [-0.2, -0.15) is 12.7 Å². The highest BCUT2D eigenvalue weighted by Gasteiger charge is 2.33. The van der Waals surface area contributed by atoms with Gasteiger partial charge >= 0.3 is 16.2 Å². The van der Waals surface area contributed by atoms with Gasteiger partial charge in [0.15, 0.2) is 0 Å². The van der Waals surface area contributed by atoms with Gasteiger partial charge in [0.25, 0.3) is 0 Å². The van der Waals surface area contributed by atoms with Gasteiger partial charge in [-0.25, -0.2) is 4.31 Å². The van der Waals surface area contributed by atoms with E-state index in [9.17, 15) is 13.2 Å². The van der Waals surface area contributed by atoms with Gasteiger partial charge in [0.2, 0.25) is 0 Å². The minimum Gasteiger partial charge on any atom is -0.480 e. The number of hydrogen-bond donors (Lipinski definition) is 1. The maximum atomic E-state index is 12.7. The SMILES string of the molecule is CC1CCN(S(=O)(=O)N(CC(=O)O)c2ccccc2)CC1. The summed E-state index contributed by atoms with van der Waals surface area (Å²) in [5, 5.41) is 9.02. The van der Waals surface area contributed by atoms with Crippen LogP contribution in [0.4, 0.5) is 5.69 Å². The fraction of sp³-hybridized carbons (Fsp3) is 0.500. The first-order valence-electron chi connectivity index (χ1n) is 6.96. The molecule has 0 radical (unpaired) electrons. The Morgan fingerprint density at radius 2 is 1.86 bits per heavy atom. The third-order valence-electron chi connectivity index (χ3n) is 3.67. The standard InChI is InChI=1S/C14H20N2O4S/c1-12-7-9-15(10-8-12)21(19,20)16(11-14(17)18)13-5-3-2-4-6-13/h2-6,12H,7-11H2,1H3,(H,17,18). The number of carboxylic acids is 1.